The Balaban J connectivity index is 0.00000288. The van der Waals surface area contributed by atoms with E-state index in [9.17, 15) is 9.59 Å². The number of hydrogen-bond acceptors (Lipinski definition) is 4. The molecule has 0 aromatic heterocycles. The fraction of sp³-hybridized carbons (Fsp3) is 0.500. The fourth-order valence-electron chi connectivity index (χ4n) is 2.51. The van der Waals surface area contributed by atoms with Crippen LogP contribution in [0.1, 0.15) is 25.0 Å². The van der Waals surface area contributed by atoms with Crippen LogP contribution in [-0.4, -0.2) is 37.9 Å². The molecule has 1 saturated heterocycles. The summed E-state index contributed by atoms with van der Waals surface area (Å²) in [7, 11) is 0. The molecule has 0 unspecified atom stereocenters. The van der Waals surface area contributed by atoms with Gasteiger partial charge in [-0.1, -0.05) is 36.2 Å². The van der Waals surface area contributed by atoms with Gasteiger partial charge in [-0.2, -0.15) is 0 Å². The van der Waals surface area contributed by atoms with E-state index in [2.05, 4.69) is 10.6 Å². The minimum absolute atomic E-state index is 0. The predicted octanol–water partition coefficient (Wildman–Crippen LogP) is 2.79. The van der Waals surface area contributed by atoms with Crippen molar-refractivity contribution in [3.63, 3.8) is 0 Å². The number of halogens is 3. The van der Waals surface area contributed by atoms with Gasteiger partial charge in [-0.3, -0.25) is 9.59 Å². The first kappa shape index (κ1) is 21.2. The lowest BCUT2D eigenvalue weighted by atomic mass is 9.95. The second-order valence-electron chi connectivity index (χ2n) is 5.42. The molecule has 1 aliphatic rings. The summed E-state index contributed by atoms with van der Waals surface area (Å²) in [5.74, 6) is -0.980. The highest BCUT2D eigenvalue weighted by atomic mass is 35.5. The number of hydrogen-bond donors (Lipinski definition) is 2. The predicted molar refractivity (Wildman–Crippen MR) is 97.1 cm³/mol. The average molecular weight is 396 g/mol. The summed E-state index contributed by atoms with van der Waals surface area (Å²) in [5, 5.41) is 6.91. The van der Waals surface area contributed by atoms with Crippen LogP contribution in [0.2, 0.25) is 10.0 Å². The molecule has 134 valence electrons. The van der Waals surface area contributed by atoms with Crippen molar-refractivity contribution in [3.05, 3.63) is 33.8 Å². The van der Waals surface area contributed by atoms with E-state index >= 15 is 0 Å². The summed E-state index contributed by atoms with van der Waals surface area (Å²) in [6.07, 6.45) is -0.0293. The lowest BCUT2D eigenvalue weighted by molar-refractivity contribution is -0.138. The number of benzene rings is 1. The van der Waals surface area contributed by atoms with Crippen LogP contribution < -0.4 is 10.6 Å². The lowest BCUT2D eigenvalue weighted by Crippen LogP contribution is -2.39. The molecule has 2 N–H and O–H groups in total. The molecule has 5 nitrogen and oxygen atoms in total. The van der Waals surface area contributed by atoms with Gasteiger partial charge < -0.3 is 15.4 Å². The Morgan fingerprint density at radius 1 is 1.33 bits per heavy atom. The molecule has 0 radical (unpaired) electrons. The molecular weight excluding hydrogens is 375 g/mol. The first-order valence-electron chi connectivity index (χ1n) is 7.61. The molecular formula is C16H21Cl3N2O3. The van der Waals surface area contributed by atoms with Gasteiger partial charge in [-0.25, -0.2) is 0 Å². The van der Waals surface area contributed by atoms with Crippen molar-refractivity contribution in [2.75, 3.05) is 26.2 Å². The maximum Gasteiger partial charge on any atom is 0.287 e. The standard InChI is InChI=1S/C16H20Cl2N2O3.ClH/c1-2-14(21)16(22)20-9-11-8-19-5-6-23-15(11)10-3-4-12(17)13(18)7-10;/h3-4,7,11,15,19H,2,5-6,8-9H2,1H3,(H,20,22);1H/t11-,15-;/m0./s1. The van der Waals surface area contributed by atoms with Gasteiger partial charge in [-0.05, 0) is 17.7 Å². The first-order chi connectivity index (χ1) is 11.0. The fourth-order valence-corrected chi connectivity index (χ4v) is 2.82. The van der Waals surface area contributed by atoms with Gasteiger partial charge >= 0.3 is 0 Å². The van der Waals surface area contributed by atoms with Crippen LogP contribution >= 0.6 is 35.6 Å². The normalized spacial score (nSPS) is 20.6. The van der Waals surface area contributed by atoms with Gasteiger partial charge in [0.1, 0.15) is 0 Å². The van der Waals surface area contributed by atoms with Crippen molar-refractivity contribution >= 4 is 47.3 Å². The van der Waals surface area contributed by atoms with Gasteiger partial charge in [-0.15, -0.1) is 12.4 Å². The van der Waals surface area contributed by atoms with Crippen LogP contribution in [0.3, 0.4) is 0 Å². The number of ketones is 1. The van der Waals surface area contributed by atoms with Crippen LogP contribution in [0.4, 0.5) is 0 Å². The molecule has 1 aromatic carbocycles. The number of carbonyl (C=O) groups excluding carboxylic acids is 2. The highest BCUT2D eigenvalue weighted by Gasteiger charge is 2.27. The monoisotopic (exact) mass is 394 g/mol. The van der Waals surface area contributed by atoms with Gasteiger partial charge in [0.15, 0.2) is 0 Å². The maximum absolute atomic E-state index is 11.7. The molecule has 0 saturated carbocycles. The second kappa shape index (κ2) is 10.2. The first-order valence-corrected chi connectivity index (χ1v) is 8.36. The van der Waals surface area contributed by atoms with Crippen LogP contribution in [0.15, 0.2) is 18.2 Å². The van der Waals surface area contributed by atoms with Crippen LogP contribution in [0.5, 0.6) is 0 Å². The summed E-state index contributed by atoms with van der Waals surface area (Å²) < 4.78 is 5.92. The molecule has 0 bridgehead atoms. The Hall–Kier alpha value is -0.850. The van der Waals surface area contributed by atoms with E-state index in [0.29, 0.717) is 29.7 Å². The number of rotatable bonds is 5. The van der Waals surface area contributed by atoms with Gasteiger partial charge in [0.2, 0.25) is 5.78 Å². The zero-order valence-corrected chi connectivity index (χ0v) is 15.6. The molecule has 0 aliphatic carbocycles. The average Bonchev–Trinajstić information content (AvgIpc) is 2.79. The molecule has 2 rings (SSSR count). The number of amides is 1. The van der Waals surface area contributed by atoms with Crippen molar-refractivity contribution in [3.8, 4) is 0 Å². The quantitative estimate of drug-likeness (QED) is 0.752. The molecule has 0 spiro atoms. The van der Waals surface area contributed by atoms with Gasteiger partial charge in [0.05, 0.1) is 22.8 Å². The number of carbonyl (C=O) groups is 2. The zero-order chi connectivity index (χ0) is 16.8. The summed E-state index contributed by atoms with van der Waals surface area (Å²) >= 11 is 12.1. The zero-order valence-electron chi connectivity index (χ0n) is 13.3. The van der Waals surface area contributed by atoms with Crippen molar-refractivity contribution in [1.82, 2.24) is 10.6 Å². The van der Waals surface area contributed by atoms with E-state index < -0.39 is 11.7 Å². The van der Waals surface area contributed by atoms with Crippen LogP contribution in [0.25, 0.3) is 0 Å². The highest BCUT2D eigenvalue weighted by molar-refractivity contribution is 6.42. The minimum Gasteiger partial charge on any atom is -0.372 e. The van der Waals surface area contributed by atoms with Crippen LogP contribution in [0, 0.1) is 5.92 Å². The third kappa shape index (κ3) is 5.60. The molecule has 2 atom stereocenters. The smallest absolute Gasteiger partial charge is 0.287 e. The Kier molecular flexibility index (Phi) is 9.02. The summed E-state index contributed by atoms with van der Waals surface area (Å²) in [4.78, 5) is 23.1. The lowest BCUT2D eigenvalue weighted by Gasteiger charge is -2.25. The number of ether oxygens (including phenoxy) is 1. The molecule has 1 aromatic rings. The molecule has 1 heterocycles. The summed E-state index contributed by atoms with van der Waals surface area (Å²) in [6, 6.07) is 5.39. The van der Waals surface area contributed by atoms with Gasteiger partial charge in [0.25, 0.3) is 5.91 Å². The van der Waals surface area contributed by atoms with E-state index in [0.717, 1.165) is 12.1 Å². The Bertz CT molecular complexity index is 584. The highest BCUT2D eigenvalue weighted by Crippen LogP contribution is 2.31. The largest absolute Gasteiger partial charge is 0.372 e. The van der Waals surface area contributed by atoms with Crippen molar-refractivity contribution < 1.29 is 14.3 Å². The number of Topliss-reactive ketones (excluding diaryl/α,β-unsaturated/α-hetero) is 1. The van der Waals surface area contributed by atoms with E-state index in [1.165, 1.54) is 0 Å². The Morgan fingerprint density at radius 2 is 2.08 bits per heavy atom. The van der Waals surface area contributed by atoms with Crippen molar-refractivity contribution in [2.24, 2.45) is 5.92 Å². The SMILES string of the molecule is CCC(=O)C(=O)NC[C@@H]1CNCCO[C@H]1c1ccc(Cl)c(Cl)c1.Cl. The minimum atomic E-state index is -0.551. The van der Waals surface area contributed by atoms with Crippen molar-refractivity contribution in [2.45, 2.75) is 19.4 Å². The van der Waals surface area contributed by atoms with E-state index in [1.54, 1.807) is 19.1 Å². The van der Waals surface area contributed by atoms with E-state index in [4.69, 9.17) is 27.9 Å². The van der Waals surface area contributed by atoms with Crippen molar-refractivity contribution in [1.29, 1.82) is 0 Å². The van der Waals surface area contributed by atoms with Gasteiger partial charge in [0, 0.05) is 32.0 Å². The topological polar surface area (TPSA) is 67.4 Å². The third-order valence-corrected chi connectivity index (χ3v) is 4.52. The molecule has 1 aliphatic heterocycles. The molecule has 24 heavy (non-hydrogen) atoms. The van der Waals surface area contributed by atoms with Crippen LogP contribution in [-0.2, 0) is 14.3 Å². The molecule has 1 fully saturated rings. The van der Waals surface area contributed by atoms with E-state index in [1.807, 2.05) is 6.07 Å². The molecule has 8 heteroatoms. The second-order valence-corrected chi connectivity index (χ2v) is 6.23. The molecule has 1 amide bonds. The van der Waals surface area contributed by atoms with E-state index in [-0.39, 0.29) is 30.8 Å². The summed E-state index contributed by atoms with van der Waals surface area (Å²) in [5.41, 5.74) is 0.907. The maximum atomic E-state index is 11.7. The number of nitrogens with one attached hydrogen (secondary N) is 2. The Labute approximate surface area is 157 Å². The Morgan fingerprint density at radius 3 is 2.75 bits per heavy atom. The summed E-state index contributed by atoms with van der Waals surface area (Å²) in [6.45, 7) is 3.98. The third-order valence-electron chi connectivity index (χ3n) is 3.78.